The second kappa shape index (κ2) is 7.28. The van der Waals surface area contributed by atoms with Crippen LogP contribution in [-0.2, 0) is 13.0 Å². The van der Waals surface area contributed by atoms with E-state index < -0.39 is 5.97 Å². The Morgan fingerprint density at radius 2 is 1.96 bits per heavy atom. The molecule has 3 aromatic rings. The third-order valence-electron chi connectivity index (χ3n) is 4.49. The number of halogens is 1. The van der Waals surface area contributed by atoms with Gasteiger partial charge in [-0.3, -0.25) is 0 Å². The lowest BCUT2D eigenvalue weighted by molar-refractivity contribution is 0.0685. The molecule has 2 aromatic carbocycles. The predicted molar refractivity (Wildman–Crippen MR) is 101 cm³/mol. The zero-order chi connectivity index (χ0) is 18.0. The Bertz CT molecular complexity index is 926. The van der Waals surface area contributed by atoms with Gasteiger partial charge in [0.05, 0.1) is 6.54 Å². The van der Waals surface area contributed by atoms with E-state index in [2.05, 4.69) is 37.0 Å². The van der Waals surface area contributed by atoms with Crippen LogP contribution in [0.3, 0.4) is 0 Å². The highest BCUT2D eigenvalue weighted by Gasteiger charge is 2.22. The zero-order valence-electron chi connectivity index (χ0n) is 14.4. The maximum absolute atomic E-state index is 11.7. The molecule has 0 bridgehead atoms. The van der Waals surface area contributed by atoms with Crippen LogP contribution in [0.25, 0.3) is 10.8 Å². The second-order valence-corrected chi connectivity index (χ2v) is 6.61. The van der Waals surface area contributed by atoms with Gasteiger partial charge in [0.25, 0.3) is 0 Å². The molecule has 5 heteroatoms. The first kappa shape index (κ1) is 17.5. The van der Waals surface area contributed by atoms with Gasteiger partial charge in [0.2, 0.25) is 0 Å². The molecule has 1 N–H and O–H groups in total. The number of carbonyl (C=O) groups is 1. The Labute approximate surface area is 152 Å². The molecule has 0 saturated heterocycles. The second-order valence-electron chi connectivity index (χ2n) is 6.25. The number of benzene rings is 2. The minimum atomic E-state index is -1.04. The van der Waals surface area contributed by atoms with E-state index in [0.717, 1.165) is 35.0 Å². The van der Waals surface area contributed by atoms with Gasteiger partial charge in [0, 0.05) is 6.42 Å². The maximum Gasteiger partial charge on any atom is 0.355 e. The van der Waals surface area contributed by atoms with Crippen molar-refractivity contribution in [1.82, 2.24) is 9.55 Å². The van der Waals surface area contributed by atoms with Gasteiger partial charge in [-0.05, 0) is 35.2 Å². The van der Waals surface area contributed by atoms with Crippen LogP contribution in [0, 0.1) is 6.92 Å². The monoisotopic (exact) mass is 356 g/mol. The van der Waals surface area contributed by atoms with Gasteiger partial charge >= 0.3 is 5.97 Å². The van der Waals surface area contributed by atoms with Crippen molar-refractivity contribution >= 4 is 28.3 Å². The van der Waals surface area contributed by atoms with E-state index in [9.17, 15) is 9.90 Å². The lowest BCUT2D eigenvalue weighted by Crippen LogP contribution is -2.13. The number of rotatable bonds is 6. The van der Waals surface area contributed by atoms with Crippen LogP contribution >= 0.6 is 11.6 Å². The predicted octanol–water partition coefficient (Wildman–Crippen LogP) is 5.09. The quantitative estimate of drug-likeness (QED) is 0.669. The first-order chi connectivity index (χ1) is 12.0. The minimum absolute atomic E-state index is 0.0653. The van der Waals surface area contributed by atoms with Gasteiger partial charge in [-0.1, -0.05) is 61.3 Å². The molecule has 0 saturated carbocycles. The van der Waals surface area contributed by atoms with Crippen molar-refractivity contribution < 1.29 is 9.90 Å². The molecule has 0 atom stereocenters. The average Bonchev–Trinajstić information content (AvgIpc) is 2.88. The molecule has 0 aliphatic carbocycles. The van der Waals surface area contributed by atoms with Crippen LogP contribution in [-0.4, -0.2) is 20.6 Å². The SMILES string of the molecule is CCCCc1nc(Cl)c(C(=O)O)n1Cc1cccc2cccc(C)c12. The maximum atomic E-state index is 11.7. The normalized spacial score (nSPS) is 11.2. The van der Waals surface area contributed by atoms with E-state index in [0.29, 0.717) is 13.0 Å². The van der Waals surface area contributed by atoms with Crippen LogP contribution in [0.2, 0.25) is 5.15 Å². The first-order valence-electron chi connectivity index (χ1n) is 8.48. The van der Waals surface area contributed by atoms with Crippen LogP contribution < -0.4 is 0 Å². The lowest BCUT2D eigenvalue weighted by Gasteiger charge is -2.14. The molecular weight excluding hydrogens is 336 g/mol. The number of carboxylic acids is 1. The fourth-order valence-electron chi connectivity index (χ4n) is 3.29. The summed E-state index contributed by atoms with van der Waals surface area (Å²) in [6.45, 7) is 4.62. The number of aromatic nitrogens is 2. The molecule has 130 valence electrons. The molecule has 0 aliphatic rings. The molecule has 1 heterocycles. The molecule has 0 aliphatic heterocycles. The van der Waals surface area contributed by atoms with E-state index in [1.54, 1.807) is 4.57 Å². The van der Waals surface area contributed by atoms with Crippen molar-refractivity contribution in [2.75, 3.05) is 0 Å². The van der Waals surface area contributed by atoms with Gasteiger partial charge in [-0.15, -0.1) is 0 Å². The summed E-state index contributed by atoms with van der Waals surface area (Å²) >= 11 is 6.13. The molecule has 0 fully saturated rings. The molecule has 0 amide bonds. The topological polar surface area (TPSA) is 55.1 Å². The number of fused-ring (bicyclic) bond motifs is 1. The van der Waals surface area contributed by atoms with Crippen molar-refractivity contribution in [3.05, 3.63) is 64.2 Å². The Balaban J connectivity index is 2.13. The van der Waals surface area contributed by atoms with Crippen LogP contribution in [0.15, 0.2) is 36.4 Å². The first-order valence-corrected chi connectivity index (χ1v) is 8.86. The molecule has 3 rings (SSSR count). The average molecular weight is 357 g/mol. The Morgan fingerprint density at radius 1 is 1.24 bits per heavy atom. The molecule has 25 heavy (non-hydrogen) atoms. The van der Waals surface area contributed by atoms with Crippen molar-refractivity contribution in [1.29, 1.82) is 0 Å². The lowest BCUT2D eigenvalue weighted by atomic mass is 10.00. The number of carboxylic acid groups (broad SMARTS) is 1. The number of nitrogens with zero attached hydrogens (tertiary/aromatic N) is 2. The van der Waals surface area contributed by atoms with Gasteiger partial charge in [-0.25, -0.2) is 9.78 Å². The number of aromatic carboxylic acids is 1. The molecular formula is C20H21ClN2O2. The third kappa shape index (κ3) is 3.40. The fraction of sp³-hybridized carbons (Fsp3) is 0.300. The van der Waals surface area contributed by atoms with E-state index >= 15 is 0 Å². The zero-order valence-corrected chi connectivity index (χ0v) is 15.2. The standard InChI is InChI=1S/C20H21ClN2O2/c1-3-4-11-16-22-19(21)18(20(24)25)23(16)12-15-10-6-9-14-8-5-7-13(2)17(14)15/h5-10H,3-4,11-12H2,1-2H3,(H,24,25). The minimum Gasteiger partial charge on any atom is -0.476 e. The van der Waals surface area contributed by atoms with E-state index in [1.165, 1.54) is 5.56 Å². The van der Waals surface area contributed by atoms with Crippen LogP contribution in [0.4, 0.5) is 0 Å². The van der Waals surface area contributed by atoms with E-state index in [-0.39, 0.29) is 10.8 Å². The largest absolute Gasteiger partial charge is 0.476 e. The van der Waals surface area contributed by atoms with Gasteiger partial charge in [0.1, 0.15) is 5.82 Å². The Morgan fingerprint density at radius 3 is 2.64 bits per heavy atom. The summed E-state index contributed by atoms with van der Waals surface area (Å²) in [5.74, 6) is -0.313. The summed E-state index contributed by atoms with van der Waals surface area (Å²) in [6.07, 6.45) is 2.68. The van der Waals surface area contributed by atoms with Crippen molar-refractivity contribution in [2.24, 2.45) is 0 Å². The smallest absolute Gasteiger partial charge is 0.355 e. The summed E-state index contributed by atoms with van der Waals surface area (Å²) < 4.78 is 1.75. The van der Waals surface area contributed by atoms with Crippen LogP contribution in [0.1, 0.15) is 47.2 Å². The van der Waals surface area contributed by atoms with Gasteiger partial charge in [-0.2, -0.15) is 0 Å². The number of hydrogen-bond donors (Lipinski definition) is 1. The number of hydrogen-bond acceptors (Lipinski definition) is 2. The summed E-state index contributed by atoms with van der Waals surface area (Å²) in [4.78, 5) is 16.0. The molecule has 0 unspecified atom stereocenters. The summed E-state index contributed by atoms with van der Waals surface area (Å²) in [7, 11) is 0. The Kier molecular flexibility index (Phi) is 5.09. The van der Waals surface area contributed by atoms with E-state index in [1.807, 2.05) is 18.2 Å². The number of unbranched alkanes of at least 4 members (excludes halogenated alkanes) is 1. The molecule has 0 radical (unpaired) electrons. The van der Waals surface area contributed by atoms with Crippen LogP contribution in [0.5, 0.6) is 0 Å². The third-order valence-corrected chi connectivity index (χ3v) is 4.75. The molecule has 0 spiro atoms. The molecule has 4 nitrogen and oxygen atoms in total. The highest BCUT2D eigenvalue weighted by atomic mass is 35.5. The fourth-order valence-corrected chi connectivity index (χ4v) is 3.57. The summed E-state index contributed by atoms with van der Waals surface area (Å²) in [6, 6.07) is 12.3. The van der Waals surface area contributed by atoms with Gasteiger partial charge in [0.15, 0.2) is 10.8 Å². The van der Waals surface area contributed by atoms with Crippen molar-refractivity contribution in [3.63, 3.8) is 0 Å². The van der Waals surface area contributed by atoms with Gasteiger partial charge < -0.3 is 9.67 Å². The Hall–Kier alpha value is -2.33. The number of imidazole rings is 1. The highest BCUT2D eigenvalue weighted by Crippen LogP contribution is 2.26. The summed E-state index contributed by atoms with van der Waals surface area (Å²) in [5.41, 5.74) is 2.31. The molecule has 1 aromatic heterocycles. The summed E-state index contributed by atoms with van der Waals surface area (Å²) in [5, 5.41) is 12.0. The van der Waals surface area contributed by atoms with Crippen molar-refractivity contribution in [2.45, 2.75) is 39.7 Å². The number of aryl methyl sites for hydroxylation is 2. The highest BCUT2D eigenvalue weighted by molar-refractivity contribution is 6.32. The van der Waals surface area contributed by atoms with Crippen molar-refractivity contribution in [3.8, 4) is 0 Å². The van der Waals surface area contributed by atoms with E-state index in [4.69, 9.17) is 11.6 Å².